The molecule has 4 heterocycles. The first-order valence-electron chi connectivity index (χ1n) is 12.0. The van der Waals surface area contributed by atoms with Crippen molar-refractivity contribution in [3.05, 3.63) is 52.9 Å². The molecule has 3 aliphatic heterocycles. The van der Waals surface area contributed by atoms with Gasteiger partial charge in [-0.1, -0.05) is 18.2 Å². The van der Waals surface area contributed by atoms with Crippen LogP contribution in [0.3, 0.4) is 0 Å². The van der Waals surface area contributed by atoms with E-state index in [-0.39, 0.29) is 18.0 Å². The molecule has 2 N–H and O–H groups in total. The van der Waals surface area contributed by atoms with E-state index in [0.29, 0.717) is 17.4 Å². The van der Waals surface area contributed by atoms with Crippen molar-refractivity contribution in [2.24, 2.45) is 12.5 Å². The predicted octanol–water partition coefficient (Wildman–Crippen LogP) is 2.17. The fraction of sp³-hybridized carbons (Fsp3) is 0.423. The Morgan fingerprint density at radius 1 is 0.971 bits per heavy atom. The maximum absolute atomic E-state index is 13.0. The van der Waals surface area contributed by atoms with Crippen LogP contribution in [0.2, 0.25) is 0 Å². The highest BCUT2D eigenvalue weighted by Crippen LogP contribution is 2.38. The Morgan fingerprint density at radius 2 is 1.76 bits per heavy atom. The molecule has 0 saturated carbocycles. The molecule has 176 valence electrons. The summed E-state index contributed by atoms with van der Waals surface area (Å²) in [6.45, 7) is 4.46. The minimum atomic E-state index is -0.669. The van der Waals surface area contributed by atoms with Crippen molar-refractivity contribution in [3.63, 3.8) is 0 Å². The number of aryl methyl sites for hydroxylation is 1. The number of amides is 2. The van der Waals surface area contributed by atoms with E-state index in [1.165, 1.54) is 23.1 Å². The lowest BCUT2D eigenvalue weighted by atomic mass is 9.86. The van der Waals surface area contributed by atoms with Crippen molar-refractivity contribution >= 4 is 28.5 Å². The van der Waals surface area contributed by atoms with Crippen LogP contribution in [0, 0.1) is 5.41 Å². The fourth-order valence-corrected chi connectivity index (χ4v) is 5.94. The van der Waals surface area contributed by atoms with Crippen molar-refractivity contribution in [1.82, 2.24) is 19.8 Å². The number of nitrogens with one attached hydrogen (secondary N) is 2. The Labute approximate surface area is 197 Å². The van der Waals surface area contributed by atoms with Gasteiger partial charge < -0.3 is 10.2 Å². The van der Waals surface area contributed by atoms with E-state index in [0.717, 1.165) is 42.8 Å². The summed E-state index contributed by atoms with van der Waals surface area (Å²) in [5.74, 6) is -0.702. The maximum Gasteiger partial charge on any atom is 0.329 e. The molecule has 3 fully saturated rings. The number of carbonyl (C=O) groups is 2. The molecule has 2 unspecified atom stereocenters. The Kier molecular flexibility index (Phi) is 4.88. The summed E-state index contributed by atoms with van der Waals surface area (Å²) in [7, 11) is 1.72. The fourth-order valence-electron chi connectivity index (χ4n) is 5.94. The van der Waals surface area contributed by atoms with Crippen molar-refractivity contribution in [2.45, 2.75) is 31.7 Å². The number of anilines is 1. The Hall–Kier alpha value is -3.39. The number of carbonyl (C=O) groups excluding carboxylic acids is 2. The number of rotatable bonds is 3. The summed E-state index contributed by atoms with van der Waals surface area (Å²) < 4.78 is 3.10. The molecule has 1 spiro atoms. The molecule has 3 aromatic rings. The number of aromatic nitrogens is 2. The van der Waals surface area contributed by atoms with Gasteiger partial charge in [0.25, 0.3) is 0 Å². The number of imidazole rings is 1. The van der Waals surface area contributed by atoms with Gasteiger partial charge in [-0.15, -0.1) is 0 Å². The quantitative estimate of drug-likeness (QED) is 0.586. The van der Waals surface area contributed by atoms with Crippen LogP contribution < -0.4 is 21.2 Å². The van der Waals surface area contributed by atoms with Gasteiger partial charge in [0, 0.05) is 44.2 Å². The molecule has 34 heavy (non-hydrogen) atoms. The summed E-state index contributed by atoms with van der Waals surface area (Å²) in [6, 6.07) is 13.9. The number of hydrogen-bond donors (Lipinski definition) is 2. The second-order valence-corrected chi connectivity index (χ2v) is 10.0. The highest BCUT2D eigenvalue weighted by Gasteiger charge is 2.40. The normalized spacial score (nSPS) is 25.0. The van der Waals surface area contributed by atoms with Crippen LogP contribution in [0.4, 0.5) is 5.69 Å². The minimum absolute atomic E-state index is 0.234. The van der Waals surface area contributed by atoms with Gasteiger partial charge in [0.1, 0.15) is 6.04 Å². The van der Waals surface area contributed by atoms with Gasteiger partial charge >= 0.3 is 5.69 Å². The van der Waals surface area contributed by atoms with Crippen molar-refractivity contribution in [1.29, 1.82) is 0 Å². The molecule has 2 atom stereocenters. The largest absolute Gasteiger partial charge is 0.371 e. The van der Waals surface area contributed by atoms with Crippen LogP contribution in [0.15, 0.2) is 47.3 Å². The van der Waals surface area contributed by atoms with Crippen LogP contribution in [-0.2, 0) is 16.6 Å². The molecule has 1 aromatic heterocycles. The zero-order chi connectivity index (χ0) is 23.4. The summed E-state index contributed by atoms with van der Waals surface area (Å²) in [5, 5.41) is 5.87. The molecule has 0 aliphatic carbocycles. The Morgan fingerprint density at radius 3 is 2.50 bits per heavy atom. The van der Waals surface area contributed by atoms with Crippen LogP contribution in [0.5, 0.6) is 0 Å². The molecule has 2 amide bonds. The van der Waals surface area contributed by atoms with Crippen molar-refractivity contribution in [3.8, 4) is 11.1 Å². The van der Waals surface area contributed by atoms with Gasteiger partial charge in [0.15, 0.2) is 0 Å². The molecule has 8 nitrogen and oxygen atoms in total. The van der Waals surface area contributed by atoms with Crippen LogP contribution in [-0.4, -0.2) is 47.1 Å². The molecule has 6 rings (SSSR count). The van der Waals surface area contributed by atoms with Gasteiger partial charge in [-0.3, -0.25) is 24.0 Å². The summed E-state index contributed by atoms with van der Waals surface area (Å²) >= 11 is 0. The first-order valence-corrected chi connectivity index (χ1v) is 12.0. The highest BCUT2D eigenvalue weighted by atomic mass is 16.2. The van der Waals surface area contributed by atoms with Gasteiger partial charge in [-0.05, 0) is 61.2 Å². The van der Waals surface area contributed by atoms with Crippen molar-refractivity contribution < 1.29 is 9.59 Å². The van der Waals surface area contributed by atoms with E-state index in [1.807, 2.05) is 18.2 Å². The molecule has 3 aliphatic rings. The molecule has 0 bridgehead atoms. The maximum atomic E-state index is 13.0. The first kappa shape index (κ1) is 21.2. The third kappa shape index (κ3) is 3.36. The van der Waals surface area contributed by atoms with E-state index in [1.54, 1.807) is 11.6 Å². The van der Waals surface area contributed by atoms with Crippen LogP contribution >= 0.6 is 0 Å². The standard InChI is InChI=1S/C26H29N5O3/c1-29-22-14-18(4-7-20(22)31(25(29)34)21-8-9-23(32)28-24(21)33)17-2-5-19(6-3-17)30-13-11-26(16-30)10-12-27-15-26/h2-7,14,21,27H,8-13,15-16H2,1H3,(H,28,32,33). The third-order valence-electron chi connectivity index (χ3n) is 7.95. The molecule has 2 aromatic carbocycles. The highest BCUT2D eigenvalue weighted by molar-refractivity contribution is 6.00. The van der Waals surface area contributed by atoms with E-state index in [2.05, 4.69) is 39.8 Å². The van der Waals surface area contributed by atoms with Gasteiger partial charge in [-0.25, -0.2) is 4.79 Å². The third-order valence-corrected chi connectivity index (χ3v) is 7.95. The molecule has 3 saturated heterocycles. The first-order chi connectivity index (χ1) is 16.4. The van der Waals surface area contributed by atoms with Gasteiger partial charge in [0.05, 0.1) is 11.0 Å². The average molecular weight is 460 g/mol. The topological polar surface area (TPSA) is 88.4 Å². The second-order valence-electron chi connectivity index (χ2n) is 10.0. The summed E-state index contributed by atoms with van der Waals surface area (Å²) in [6.07, 6.45) is 3.08. The Balaban J connectivity index is 1.29. The zero-order valence-electron chi connectivity index (χ0n) is 19.3. The van der Waals surface area contributed by atoms with E-state index < -0.39 is 11.9 Å². The van der Waals surface area contributed by atoms with Crippen LogP contribution in [0.1, 0.15) is 31.7 Å². The number of imide groups is 1. The van der Waals surface area contributed by atoms with Gasteiger partial charge in [0.2, 0.25) is 11.8 Å². The van der Waals surface area contributed by atoms with E-state index in [4.69, 9.17) is 0 Å². The summed E-state index contributed by atoms with van der Waals surface area (Å²) in [4.78, 5) is 39.5. The number of nitrogens with zero attached hydrogens (tertiary/aromatic N) is 3. The van der Waals surface area contributed by atoms with E-state index >= 15 is 0 Å². The SMILES string of the molecule is Cn1c(=O)n(C2CCC(=O)NC2=O)c2ccc(-c3ccc(N4CCC5(CCNC5)C4)cc3)cc21. The summed E-state index contributed by atoms with van der Waals surface area (Å²) in [5.41, 5.74) is 5.02. The number of hydrogen-bond acceptors (Lipinski definition) is 5. The van der Waals surface area contributed by atoms with Gasteiger partial charge in [-0.2, -0.15) is 0 Å². The number of piperidine rings is 1. The van der Waals surface area contributed by atoms with E-state index in [9.17, 15) is 14.4 Å². The minimum Gasteiger partial charge on any atom is -0.371 e. The lowest BCUT2D eigenvalue weighted by Gasteiger charge is -2.24. The molecular formula is C26H29N5O3. The number of fused-ring (bicyclic) bond motifs is 1. The molecule has 8 heteroatoms. The lowest BCUT2D eigenvalue weighted by molar-refractivity contribution is -0.135. The smallest absolute Gasteiger partial charge is 0.329 e. The monoisotopic (exact) mass is 459 g/mol. The number of benzene rings is 2. The Bertz CT molecular complexity index is 1350. The predicted molar refractivity (Wildman–Crippen MR) is 131 cm³/mol. The second kappa shape index (κ2) is 7.84. The lowest BCUT2D eigenvalue weighted by Crippen LogP contribution is -2.44. The molecular weight excluding hydrogens is 430 g/mol. The zero-order valence-corrected chi connectivity index (χ0v) is 19.3. The average Bonchev–Trinajstić information content (AvgIpc) is 3.55. The molecule has 0 radical (unpaired) electrons. The van der Waals surface area contributed by atoms with Crippen molar-refractivity contribution in [2.75, 3.05) is 31.1 Å². The van der Waals surface area contributed by atoms with Crippen LogP contribution in [0.25, 0.3) is 22.2 Å².